The van der Waals surface area contributed by atoms with Gasteiger partial charge >= 0.3 is 0 Å². The molecule has 0 aliphatic heterocycles. The van der Waals surface area contributed by atoms with Crippen LogP contribution in [0.25, 0.3) is 0 Å². The van der Waals surface area contributed by atoms with Crippen LogP contribution in [0.3, 0.4) is 0 Å². The second kappa shape index (κ2) is 6.42. The molecule has 0 bridgehead atoms. The summed E-state index contributed by atoms with van der Waals surface area (Å²) in [5, 5.41) is 5.05. The molecule has 1 atom stereocenters. The topological polar surface area (TPSA) is 12.0 Å². The molecule has 1 nitrogen and oxygen atoms in total. The minimum absolute atomic E-state index is 0.249. The molecular weight excluding hydrogens is 277 g/mol. The summed E-state index contributed by atoms with van der Waals surface area (Å²) >= 11 is 12.1. The summed E-state index contributed by atoms with van der Waals surface area (Å²) in [4.78, 5) is 0. The highest BCUT2D eigenvalue weighted by atomic mass is 35.5. The molecule has 2 rings (SSSR count). The Bertz CT molecular complexity index is 566. The molecule has 100 valence electrons. The molecule has 0 unspecified atom stereocenters. The molecule has 0 saturated heterocycles. The normalized spacial score (nSPS) is 12.4. The third-order valence-electron chi connectivity index (χ3n) is 3.20. The van der Waals surface area contributed by atoms with Crippen LogP contribution in [0.2, 0.25) is 10.0 Å². The van der Waals surface area contributed by atoms with Crippen molar-refractivity contribution in [3.63, 3.8) is 0 Å². The third-order valence-corrected chi connectivity index (χ3v) is 3.84. The lowest BCUT2D eigenvalue weighted by atomic mass is 10.1. The van der Waals surface area contributed by atoms with E-state index in [1.54, 1.807) is 0 Å². The van der Waals surface area contributed by atoms with Gasteiger partial charge in [-0.15, -0.1) is 0 Å². The first-order valence-corrected chi connectivity index (χ1v) is 7.06. The molecule has 2 aromatic carbocycles. The number of aryl methyl sites for hydroxylation is 1. The van der Waals surface area contributed by atoms with E-state index in [4.69, 9.17) is 23.2 Å². The minimum Gasteiger partial charge on any atom is -0.306 e. The minimum atomic E-state index is 0.249. The number of hydrogen-bond acceptors (Lipinski definition) is 1. The van der Waals surface area contributed by atoms with E-state index >= 15 is 0 Å². The Labute approximate surface area is 124 Å². The van der Waals surface area contributed by atoms with E-state index in [9.17, 15) is 0 Å². The van der Waals surface area contributed by atoms with E-state index in [0.717, 1.165) is 22.2 Å². The first kappa shape index (κ1) is 14.4. The van der Waals surface area contributed by atoms with Gasteiger partial charge in [0.25, 0.3) is 0 Å². The molecule has 0 heterocycles. The molecule has 2 aromatic rings. The van der Waals surface area contributed by atoms with Crippen LogP contribution in [0.4, 0.5) is 0 Å². The Hall–Kier alpha value is -1.02. The van der Waals surface area contributed by atoms with E-state index in [2.05, 4.69) is 24.4 Å². The summed E-state index contributed by atoms with van der Waals surface area (Å²) in [6.07, 6.45) is 0. The molecule has 0 saturated carbocycles. The molecule has 3 heteroatoms. The highest BCUT2D eigenvalue weighted by Crippen LogP contribution is 2.19. The van der Waals surface area contributed by atoms with Crippen LogP contribution < -0.4 is 5.32 Å². The van der Waals surface area contributed by atoms with Gasteiger partial charge in [0, 0.05) is 22.6 Å². The Kier molecular flexibility index (Phi) is 4.87. The van der Waals surface area contributed by atoms with Crippen LogP contribution in [-0.4, -0.2) is 0 Å². The number of benzene rings is 2. The summed E-state index contributed by atoms with van der Waals surface area (Å²) < 4.78 is 0. The zero-order chi connectivity index (χ0) is 13.8. The fourth-order valence-electron chi connectivity index (χ4n) is 1.91. The summed E-state index contributed by atoms with van der Waals surface area (Å²) in [5.41, 5.74) is 3.48. The number of rotatable bonds is 4. The fourth-order valence-corrected chi connectivity index (χ4v) is 2.31. The van der Waals surface area contributed by atoms with Gasteiger partial charge in [-0.05, 0) is 48.7 Å². The standard InChI is InChI=1S/C16H17Cl2N/c1-11-6-7-13(8-16(11)18)10-19-12(2)14-4-3-5-15(17)9-14/h3-9,12,19H,10H2,1-2H3/t12-/m0/s1. The highest BCUT2D eigenvalue weighted by molar-refractivity contribution is 6.31. The predicted molar refractivity (Wildman–Crippen MR) is 82.9 cm³/mol. The highest BCUT2D eigenvalue weighted by Gasteiger charge is 2.05. The molecule has 0 aromatic heterocycles. The van der Waals surface area contributed by atoms with E-state index in [1.165, 1.54) is 11.1 Å². The average Bonchev–Trinajstić information content (AvgIpc) is 2.40. The first-order chi connectivity index (χ1) is 9.06. The first-order valence-electron chi connectivity index (χ1n) is 6.30. The van der Waals surface area contributed by atoms with Crippen molar-refractivity contribution in [1.82, 2.24) is 5.32 Å². The van der Waals surface area contributed by atoms with Gasteiger partial charge in [-0.3, -0.25) is 0 Å². The van der Waals surface area contributed by atoms with Crippen molar-refractivity contribution in [3.8, 4) is 0 Å². The summed E-state index contributed by atoms with van der Waals surface area (Å²) in [7, 11) is 0. The molecule has 0 aliphatic rings. The number of nitrogens with one attached hydrogen (secondary N) is 1. The lowest BCUT2D eigenvalue weighted by Crippen LogP contribution is -2.18. The summed E-state index contributed by atoms with van der Waals surface area (Å²) in [6, 6.07) is 14.3. The van der Waals surface area contributed by atoms with Crippen LogP contribution in [0.1, 0.15) is 29.7 Å². The van der Waals surface area contributed by atoms with E-state index in [1.807, 2.05) is 37.3 Å². The van der Waals surface area contributed by atoms with Crippen molar-refractivity contribution < 1.29 is 0 Å². The molecule has 0 aliphatic carbocycles. The average molecular weight is 294 g/mol. The van der Waals surface area contributed by atoms with Crippen LogP contribution in [0.5, 0.6) is 0 Å². The smallest absolute Gasteiger partial charge is 0.0438 e. The summed E-state index contributed by atoms with van der Waals surface area (Å²) in [6.45, 7) is 4.92. The Balaban J connectivity index is 2.00. The second-order valence-corrected chi connectivity index (χ2v) is 5.58. The Morgan fingerprint density at radius 1 is 1.11 bits per heavy atom. The van der Waals surface area contributed by atoms with Gasteiger partial charge in [0.15, 0.2) is 0 Å². The maximum Gasteiger partial charge on any atom is 0.0438 e. The van der Waals surface area contributed by atoms with Gasteiger partial charge in [-0.25, -0.2) is 0 Å². The van der Waals surface area contributed by atoms with Crippen molar-refractivity contribution in [3.05, 3.63) is 69.2 Å². The van der Waals surface area contributed by atoms with E-state index in [-0.39, 0.29) is 6.04 Å². The van der Waals surface area contributed by atoms with Crippen molar-refractivity contribution in [2.24, 2.45) is 0 Å². The van der Waals surface area contributed by atoms with Gasteiger partial charge < -0.3 is 5.32 Å². The lowest BCUT2D eigenvalue weighted by molar-refractivity contribution is 0.575. The van der Waals surface area contributed by atoms with Crippen LogP contribution in [0, 0.1) is 6.92 Å². The second-order valence-electron chi connectivity index (χ2n) is 4.74. The van der Waals surface area contributed by atoms with Crippen molar-refractivity contribution in [1.29, 1.82) is 0 Å². The third kappa shape index (κ3) is 3.97. The molecule has 0 fully saturated rings. The van der Waals surface area contributed by atoms with Crippen molar-refractivity contribution in [2.75, 3.05) is 0 Å². The van der Waals surface area contributed by atoms with Crippen LogP contribution >= 0.6 is 23.2 Å². The van der Waals surface area contributed by atoms with E-state index in [0.29, 0.717) is 0 Å². The van der Waals surface area contributed by atoms with Gasteiger partial charge in [0.05, 0.1) is 0 Å². The lowest BCUT2D eigenvalue weighted by Gasteiger charge is -2.15. The molecule has 19 heavy (non-hydrogen) atoms. The largest absolute Gasteiger partial charge is 0.306 e. The van der Waals surface area contributed by atoms with E-state index < -0.39 is 0 Å². The number of halogens is 2. The Morgan fingerprint density at radius 2 is 1.89 bits per heavy atom. The van der Waals surface area contributed by atoms with Crippen molar-refractivity contribution in [2.45, 2.75) is 26.4 Å². The van der Waals surface area contributed by atoms with Gasteiger partial charge in [0.2, 0.25) is 0 Å². The van der Waals surface area contributed by atoms with Gasteiger partial charge in [-0.2, -0.15) is 0 Å². The monoisotopic (exact) mass is 293 g/mol. The number of hydrogen-bond donors (Lipinski definition) is 1. The molecule has 0 spiro atoms. The van der Waals surface area contributed by atoms with Crippen molar-refractivity contribution >= 4 is 23.2 Å². The quantitative estimate of drug-likeness (QED) is 0.822. The SMILES string of the molecule is Cc1ccc(CN[C@@H](C)c2cccc(Cl)c2)cc1Cl. The van der Waals surface area contributed by atoms with Crippen LogP contribution in [-0.2, 0) is 6.54 Å². The molecule has 1 N–H and O–H groups in total. The summed E-state index contributed by atoms with van der Waals surface area (Å²) in [5.74, 6) is 0. The van der Waals surface area contributed by atoms with Gasteiger partial charge in [0.1, 0.15) is 0 Å². The fraction of sp³-hybridized carbons (Fsp3) is 0.250. The van der Waals surface area contributed by atoms with Crippen LogP contribution in [0.15, 0.2) is 42.5 Å². The zero-order valence-corrected chi connectivity index (χ0v) is 12.6. The molecule has 0 amide bonds. The molecular formula is C16H17Cl2N. The maximum atomic E-state index is 6.12. The molecule has 0 radical (unpaired) electrons. The van der Waals surface area contributed by atoms with Gasteiger partial charge in [-0.1, -0.05) is 47.5 Å². The predicted octanol–water partition coefficient (Wildman–Crippen LogP) is 5.15. The Morgan fingerprint density at radius 3 is 2.58 bits per heavy atom. The maximum absolute atomic E-state index is 6.12. The zero-order valence-electron chi connectivity index (χ0n) is 11.1.